The Hall–Kier alpha value is -2.00. The number of fused-ring (bicyclic) bond motifs is 1. The molecule has 0 fully saturated rings. The average molecular weight is 283 g/mol. The smallest absolute Gasteiger partial charge is 0.122 e. The lowest BCUT2D eigenvalue weighted by atomic mass is 9.87. The number of rotatable bonds is 4. The molecule has 2 unspecified atom stereocenters. The fourth-order valence-electron chi connectivity index (χ4n) is 2.86. The first-order valence-electron chi connectivity index (χ1n) is 7.35. The van der Waals surface area contributed by atoms with Crippen LogP contribution in [0.3, 0.4) is 0 Å². The lowest BCUT2D eigenvalue weighted by Gasteiger charge is -2.29. The third-order valence-corrected chi connectivity index (χ3v) is 4.12. The van der Waals surface area contributed by atoms with Crippen LogP contribution in [-0.4, -0.2) is 19.8 Å². The molecule has 1 heterocycles. The van der Waals surface area contributed by atoms with E-state index >= 15 is 0 Å². The Morgan fingerprint density at radius 3 is 2.95 bits per heavy atom. The third kappa shape index (κ3) is 3.19. The largest absolute Gasteiger partial charge is 0.497 e. The highest BCUT2D eigenvalue weighted by Gasteiger charge is 2.25. The molecule has 3 nitrogen and oxygen atoms in total. The molecule has 1 aliphatic rings. The first kappa shape index (κ1) is 14.0. The third-order valence-electron chi connectivity index (χ3n) is 4.12. The summed E-state index contributed by atoms with van der Waals surface area (Å²) in [5.74, 6) is 2.23. The summed E-state index contributed by atoms with van der Waals surface area (Å²) < 4.78 is 11.1. The molecule has 0 aliphatic carbocycles. The lowest BCUT2D eigenvalue weighted by molar-refractivity contribution is 0.199. The number of hydrogen-bond donors (Lipinski definition) is 1. The van der Waals surface area contributed by atoms with Crippen molar-refractivity contribution in [1.82, 2.24) is 0 Å². The Morgan fingerprint density at radius 2 is 2.10 bits per heavy atom. The summed E-state index contributed by atoms with van der Waals surface area (Å²) >= 11 is 0. The second-order valence-corrected chi connectivity index (χ2v) is 5.60. The molecular formula is C18H21NO2. The van der Waals surface area contributed by atoms with Gasteiger partial charge in [0.05, 0.1) is 13.7 Å². The molecule has 3 rings (SSSR count). The Balaban J connectivity index is 1.67. The molecule has 2 aromatic rings. The summed E-state index contributed by atoms with van der Waals surface area (Å²) in [5, 5.41) is 0. The van der Waals surface area contributed by atoms with Crippen molar-refractivity contribution in [3.8, 4) is 11.5 Å². The second kappa shape index (κ2) is 6.19. The normalized spacial score (nSPS) is 18.5. The summed E-state index contributed by atoms with van der Waals surface area (Å²) in [6, 6.07) is 16.4. The van der Waals surface area contributed by atoms with E-state index in [1.807, 2.05) is 24.3 Å². The van der Waals surface area contributed by atoms with Gasteiger partial charge in [-0.05, 0) is 42.2 Å². The molecule has 0 bridgehead atoms. The van der Waals surface area contributed by atoms with Crippen molar-refractivity contribution in [2.24, 2.45) is 11.7 Å². The predicted molar refractivity (Wildman–Crippen MR) is 83.8 cm³/mol. The van der Waals surface area contributed by atoms with Crippen LogP contribution in [0.4, 0.5) is 0 Å². The minimum atomic E-state index is 0.0884. The van der Waals surface area contributed by atoms with E-state index in [0.717, 1.165) is 24.3 Å². The Kier molecular flexibility index (Phi) is 4.11. The molecule has 2 atom stereocenters. The zero-order chi connectivity index (χ0) is 14.7. The molecule has 0 saturated heterocycles. The molecule has 0 aromatic heterocycles. The van der Waals surface area contributed by atoms with Crippen LogP contribution in [0.25, 0.3) is 0 Å². The highest BCUT2D eigenvalue weighted by molar-refractivity contribution is 5.35. The van der Waals surface area contributed by atoms with E-state index in [0.29, 0.717) is 12.5 Å². The monoisotopic (exact) mass is 283 g/mol. The van der Waals surface area contributed by atoms with Crippen LogP contribution in [0.15, 0.2) is 48.5 Å². The van der Waals surface area contributed by atoms with Crippen LogP contribution in [0.5, 0.6) is 11.5 Å². The summed E-state index contributed by atoms with van der Waals surface area (Å²) in [7, 11) is 1.69. The van der Waals surface area contributed by atoms with Crippen LogP contribution in [0.1, 0.15) is 11.1 Å². The van der Waals surface area contributed by atoms with Crippen molar-refractivity contribution in [1.29, 1.82) is 0 Å². The van der Waals surface area contributed by atoms with Crippen molar-refractivity contribution in [2.45, 2.75) is 18.9 Å². The van der Waals surface area contributed by atoms with E-state index in [1.54, 1.807) is 7.11 Å². The highest BCUT2D eigenvalue weighted by atomic mass is 16.5. The van der Waals surface area contributed by atoms with Crippen molar-refractivity contribution >= 4 is 0 Å². The molecule has 1 aliphatic heterocycles. The van der Waals surface area contributed by atoms with Crippen molar-refractivity contribution in [2.75, 3.05) is 13.7 Å². The van der Waals surface area contributed by atoms with Gasteiger partial charge in [0.25, 0.3) is 0 Å². The van der Waals surface area contributed by atoms with Crippen LogP contribution in [0.2, 0.25) is 0 Å². The van der Waals surface area contributed by atoms with E-state index < -0.39 is 0 Å². The van der Waals surface area contributed by atoms with Gasteiger partial charge in [-0.25, -0.2) is 0 Å². The van der Waals surface area contributed by atoms with Gasteiger partial charge in [0.1, 0.15) is 11.5 Å². The second-order valence-electron chi connectivity index (χ2n) is 5.60. The van der Waals surface area contributed by atoms with Crippen molar-refractivity contribution < 1.29 is 9.47 Å². The van der Waals surface area contributed by atoms with E-state index in [1.165, 1.54) is 11.1 Å². The van der Waals surface area contributed by atoms with Gasteiger partial charge in [0.15, 0.2) is 0 Å². The summed E-state index contributed by atoms with van der Waals surface area (Å²) in [6.07, 6.45) is 1.83. The van der Waals surface area contributed by atoms with E-state index in [4.69, 9.17) is 15.2 Å². The maximum absolute atomic E-state index is 6.41. The van der Waals surface area contributed by atoms with E-state index in [9.17, 15) is 0 Å². The average Bonchev–Trinajstić information content (AvgIpc) is 2.54. The van der Waals surface area contributed by atoms with Crippen molar-refractivity contribution in [3.63, 3.8) is 0 Å². The van der Waals surface area contributed by atoms with Gasteiger partial charge in [0.2, 0.25) is 0 Å². The number of ether oxygens (including phenoxy) is 2. The molecule has 110 valence electrons. The highest BCUT2D eigenvalue weighted by Crippen LogP contribution is 2.28. The first-order chi connectivity index (χ1) is 10.3. The number of para-hydroxylation sites is 1. The van der Waals surface area contributed by atoms with Gasteiger partial charge in [0, 0.05) is 12.0 Å². The topological polar surface area (TPSA) is 44.5 Å². The fourth-order valence-corrected chi connectivity index (χ4v) is 2.86. The molecule has 0 amide bonds. The summed E-state index contributed by atoms with van der Waals surface area (Å²) in [4.78, 5) is 0. The lowest BCUT2D eigenvalue weighted by Crippen LogP contribution is -2.39. The zero-order valence-corrected chi connectivity index (χ0v) is 12.3. The molecule has 2 aromatic carbocycles. The SMILES string of the molecule is COc1cccc(CC(N)C2COc3ccccc3C2)c1. The number of nitrogens with two attached hydrogens (primary N) is 1. The quantitative estimate of drug-likeness (QED) is 0.938. The van der Waals surface area contributed by atoms with Crippen LogP contribution >= 0.6 is 0 Å². The standard InChI is InChI=1S/C18H21NO2/c1-20-16-7-4-5-13(9-16)10-17(19)15-11-14-6-2-3-8-18(14)21-12-15/h2-9,15,17H,10-12,19H2,1H3. The molecule has 0 saturated carbocycles. The Labute approximate surface area is 125 Å². The zero-order valence-electron chi connectivity index (χ0n) is 12.3. The molecule has 0 spiro atoms. The number of benzene rings is 2. The number of methoxy groups -OCH3 is 1. The van der Waals surface area contributed by atoms with E-state index in [-0.39, 0.29) is 6.04 Å². The summed E-state index contributed by atoms with van der Waals surface area (Å²) in [5.41, 5.74) is 8.88. The maximum atomic E-state index is 6.41. The van der Waals surface area contributed by atoms with Gasteiger partial charge in [-0.2, -0.15) is 0 Å². The van der Waals surface area contributed by atoms with Gasteiger partial charge in [-0.1, -0.05) is 30.3 Å². The Bertz CT molecular complexity index is 612. The Morgan fingerprint density at radius 1 is 1.24 bits per heavy atom. The molecule has 3 heteroatoms. The van der Waals surface area contributed by atoms with Gasteiger partial charge >= 0.3 is 0 Å². The van der Waals surface area contributed by atoms with Crippen molar-refractivity contribution in [3.05, 3.63) is 59.7 Å². The predicted octanol–water partition coefficient (Wildman–Crippen LogP) is 2.82. The fraction of sp³-hybridized carbons (Fsp3) is 0.333. The minimum absolute atomic E-state index is 0.0884. The number of hydrogen-bond acceptors (Lipinski definition) is 3. The van der Waals surface area contributed by atoms with Gasteiger partial charge < -0.3 is 15.2 Å². The molecule has 0 radical (unpaired) electrons. The van der Waals surface area contributed by atoms with Crippen LogP contribution in [0, 0.1) is 5.92 Å². The molecule has 21 heavy (non-hydrogen) atoms. The minimum Gasteiger partial charge on any atom is -0.497 e. The van der Waals surface area contributed by atoms with Crippen LogP contribution < -0.4 is 15.2 Å². The van der Waals surface area contributed by atoms with Gasteiger partial charge in [-0.15, -0.1) is 0 Å². The van der Waals surface area contributed by atoms with E-state index in [2.05, 4.69) is 24.3 Å². The van der Waals surface area contributed by atoms with Crippen LogP contribution in [-0.2, 0) is 12.8 Å². The maximum Gasteiger partial charge on any atom is 0.122 e. The first-order valence-corrected chi connectivity index (χ1v) is 7.35. The molecular weight excluding hydrogens is 262 g/mol. The summed E-state index contributed by atoms with van der Waals surface area (Å²) in [6.45, 7) is 0.697. The van der Waals surface area contributed by atoms with Gasteiger partial charge in [-0.3, -0.25) is 0 Å². The molecule has 2 N–H and O–H groups in total.